The Hall–Kier alpha value is -1.10. The van der Waals surface area contributed by atoms with E-state index in [1.807, 2.05) is 13.8 Å². The van der Waals surface area contributed by atoms with Gasteiger partial charge in [0, 0.05) is 0 Å². The summed E-state index contributed by atoms with van der Waals surface area (Å²) in [7, 11) is 1.31. The number of hydrogen-bond acceptors (Lipinski definition) is 3. The van der Waals surface area contributed by atoms with Crippen LogP contribution in [0.4, 0.5) is 8.78 Å². The summed E-state index contributed by atoms with van der Waals surface area (Å²) in [6.45, 7) is 10.1. The Morgan fingerprint density at radius 3 is 2.03 bits per heavy atom. The van der Waals surface area contributed by atoms with Crippen LogP contribution in [-0.2, 0) is 14.2 Å². The molecule has 31 heavy (non-hydrogen) atoms. The average Bonchev–Trinajstić information content (AvgIpc) is 2.83. The Kier molecular flexibility index (Phi) is 14.1. The topological polar surface area (TPSA) is 27.7 Å². The second-order valence-electron chi connectivity index (χ2n) is 8.82. The highest BCUT2D eigenvalue weighted by Crippen LogP contribution is 2.39. The van der Waals surface area contributed by atoms with Crippen molar-refractivity contribution < 1.29 is 23.0 Å². The van der Waals surface area contributed by atoms with Crippen LogP contribution < -0.4 is 0 Å². The summed E-state index contributed by atoms with van der Waals surface area (Å²) in [4.78, 5) is 0. The van der Waals surface area contributed by atoms with Crippen LogP contribution in [0.2, 0.25) is 0 Å². The van der Waals surface area contributed by atoms with Crippen molar-refractivity contribution in [3.8, 4) is 0 Å². The zero-order chi connectivity index (χ0) is 23.2. The van der Waals surface area contributed by atoms with Crippen molar-refractivity contribution in [3.05, 3.63) is 23.2 Å². The molecule has 0 aromatic heterocycles. The van der Waals surface area contributed by atoms with Gasteiger partial charge in [0.1, 0.15) is 18.1 Å². The van der Waals surface area contributed by atoms with Gasteiger partial charge in [0.2, 0.25) is 0 Å². The third-order valence-electron chi connectivity index (χ3n) is 6.78. The molecular formula is C26H46F2O3. The first-order valence-electron chi connectivity index (χ1n) is 12.5. The molecule has 1 saturated carbocycles. The number of ether oxygens (including phenoxy) is 3. The summed E-state index contributed by atoms with van der Waals surface area (Å²) in [5, 5.41) is 0. The zero-order valence-corrected chi connectivity index (χ0v) is 20.8. The lowest BCUT2D eigenvalue weighted by atomic mass is 9.73. The zero-order valence-electron chi connectivity index (χ0n) is 20.8. The fourth-order valence-corrected chi connectivity index (χ4v) is 4.64. The first-order valence-corrected chi connectivity index (χ1v) is 12.5. The SMILES string of the molecule is CC.CCCCCC1CCC(C2CCC(CO/C(C)=C(F)/C(F)=C(\C)OC)OC2)CC1. The molecule has 0 amide bonds. The van der Waals surface area contributed by atoms with Gasteiger partial charge < -0.3 is 14.2 Å². The molecule has 0 aromatic carbocycles. The van der Waals surface area contributed by atoms with Crippen LogP contribution in [0.15, 0.2) is 23.2 Å². The molecule has 1 saturated heterocycles. The van der Waals surface area contributed by atoms with Crippen LogP contribution in [0.25, 0.3) is 0 Å². The van der Waals surface area contributed by atoms with Gasteiger partial charge in [-0.1, -0.05) is 59.3 Å². The highest BCUT2D eigenvalue weighted by molar-refractivity contribution is 5.23. The van der Waals surface area contributed by atoms with E-state index in [1.54, 1.807) is 0 Å². The van der Waals surface area contributed by atoms with Gasteiger partial charge in [-0.15, -0.1) is 0 Å². The maximum absolute atomic E-state index is 14.0. The third kappa shape index (κ3) is 9.51. The third-order valence-corrected chi connectivity index (χ3v) is 6.78. The van der Waals surface area contributed by atoms with Crippen LogP contribution in [-0.4, -0.2) is 26.4 Å². The van der Waals surface area contributed by atoms with Crippen molar-refractivity contribution >= 4 is 0 Å². The van der Waals surface area contributed by atoms with Crippen LogP contribution in [0.1, 0.15) is 98.8 Å². The maximum Gasteiger partial charge on any atom is 0.199 e. The summed E-state index contributed by atoms with van der Waals surface area (Å²) in [6, 6.07) is 0. The normalized spacial score (nSPS) is 28.0. The minimum absolute atomic E-state index is 0.0463. The van der Waals surface area contributed by atoms with Gasteiger partial charge in [0.15, 0.2) is 11.7 Å². The van der Waals surface area contributed by atoms with E-state index >= 15 is 0 Å². The van der Waals surface area contributed by atoms with Gasteiger partial charge in [-0.05, 0) is 57.3 Å². The van der Waals surface area contributed by atoms with E-state index in [2.05, 4.69) is 6.92 Å². The number of hydrogen-bond donors (Lipinski definition) is 0. The summed E-state index contributed by atoms with van der Waals surface area (Å²) in [5.41, 5.74) is 0. The second-order valence-corrected chi connectivity index (χ2v) is 8.82. The lowest BCUT2D eigenvalue weighted by molar-refractivity contribution is -0.0659. The van der Waals surface area contributed by atoms with E-state index in [0.717, 1.165) is 31.3 Å². The van der Waals surface area contributed by atoms with Crippen LogP contribution in [0.3, 0.4) is 0 Å². The van der Waals surface area contributed by atoms with Gasteiger partial charge in [-0.2, -0.15) is 8.78 Å². The fourth-order valence-electron chi connectivity index (χ4n) is 4.64. The summed E-state index contributed by atoms with van der Waals surface area (Å²) in [5.74, 6) is 0.182. The quantitative estimate of drug-likeness (QED) is 0.193. The lowest BCUT2D eigenvalue weighted by Crippen LogP contribution is -2.34. The summed E-state index contributed by atoms with van der Waals surface area (Å²) < 4.78 is 44.0. The van der Waals surface area contributed by atoms with Crippen molar-refractivity contribution in [1.29, 1.82) is 0 Å². The molecule has 2 rings (SSSR count). The minimum atomic E-state index is -1.01. The minimum Gasteiger partial charge on any atom is -0.498 e. The molecule has 1 heterocycles. The monoisotopic (exact) mass is 444 g/mol. The van der Waals surface area contributed by atoms with Gasteiger partial charge in [-0.25, -0.2) is 0 Å². The van der Waals surface area contributed by atoms with Crippen LogP contribution >= 0.6 is 0 Å². The number of unbranched alkanes of at least 4 members (excludes halogenated alkanes) is 2. The molecule has 2 atom stereocenters. The van der Waals surface area contributed by atoms with E-state index in [9.17, 15) is 8.78 Å². The number of methoxy groups -OCH3 is 1. The first-order chi connectivity index (χ1) is 15.0. The first kappa shape index (κ1) is 27.9. The number of rotatable bonds is 10. The van der Waals surface area contributed by atoms with E-state index < -0.39 is 11.7 Å². The lowest BCUT2D eigenvalue weighted by Gasteiger charge is -2.37. The molecule has 0 spiro atoms. The molecule has 0 N–H and O–H groups in total. The summed E-state index contributed by atoms with van der Waals surface area (Å²) >= 11 is 0. The summed E-state index contributed by atoms with van der Waals surface area (Å²) in [6.07, 6.45) is 12.9. The molecule has 1 aliphatic heterocycles. The molecule has 0 bridgehead atoms. The second kappa shape index (κ2) is 15.7. The molecule has 0 radical (unpaired) electrons. The Morgan fingerprint density at radius 1 is 0.871 bits per heavy atom. The molecule has 2 unspecified atom stereocenters. The molecular weight excluding hydrogens is 398 g/mol. The van der Waals surface area contributed by atoms with Crippen molar-refractivity contribution in [1.82, 2.24) is 0 Å². The molecule has 3 nitrogen and oxygen atoms in total. The van der Waals surface area contributed by atoms with E-state index in [4.69, 9.17) is 14.2 Å². The largest absolute Gasteiger partial charge is 0.498 e. The van der Waals surface area contributed by atoms with E-state index in [-0.39, 0.29) is 24.2 Å². The predicted octanol–water partition coefficient (Wildman–Crippen LogP) is 8.26. The molecule has 5 heteroatoms. The molecule has 2 aliphatic rings. The standard InChI is InChI=1S/C24H40F2O3.C2H6/c1-5-6-7-8-19-9-11-20(12-10-19)21-13-14-22(29-15-21)16-28-18(3)24(26)23(25)17(2)27-4;1-2/h19-22H,5-16H2,1-4H3;1-2H3/b23-17-,24-18-;. The molecule has 0 aromatic rings. The Balaban J connectivity index is 0.00000233. The Bertz CT molecular complexity index is 543. The van der Waals surface area contributed by atoms with Crippen molar-refractivity contribution in [2.45, 2.75) is 105 Å². The maximum atomic E-state index is 14.0. The van der Waals surface area contributed by atoms with Crippen molar-refractivity contribution in [2.24, 2.45) is 17.8 Å². The average molecular weight is 445 g/mol. The predicted molar refractivity (Wildman–Crippen MR) is 124 cm³/mol. The molecule has 1 aliphatic carbocycles. The van der Waals surface area contributed by atoms with Gasteiger partial charge in [-0.3, -0.25) is 0 Å². The van der Waals surface area contributed by atoms with Crippen molar-refractivity contribution in [3.63, 3.8) is 0 Å². The van der Waals surface area contributed by atoms with E-state index in [1.165, 1.54) is 72.3 Å². The van der Waals surface area contributed by atoms with Crippen molar-refractivity contribution in [2.75, 3.05) is 20.3 Å². The smallest absolute Gasteiger partial charge is 0.199 e. The number of halogens is 2. The highest BCUT2D eigenvalue weighted by atomic mass is 19.2. The van der Waals surface area contributed by atoms with Crippen LogP contribution in [0, 0.1) is 17.8 Å². The van der Waals surface area contributed by atoms with Gasteiger partial charge >= 0.3 is 0 Å². The molecule has 2 fully saturated rings. The van der Waals surface area contributed by atoms with Gasteiger partial charge in [0.25, 0.3) is 0 Å². The Labute approximate surface area is 189 Å². The van der Waals surface area contributed by atoms with E-state index in [0.29, 0.717) is 5.92 Å². The number of allylic oxidation sites excluding steroid dienone is 4. The van der Waals surface area contributed by atoms with Crippen LogP contribution in [0.5, 0.6) is 0 Å². The Morgan fingerprint density at radius 2 is 1.48 bits per heavy atom. The van der Waals surface area contributed by atoms with Gasteiger partial charge in [0.05, 0.1) is 19.8 Å². The molecule has 182 valence electrons. The fraction of sp³-hybridized carbons (Fsp3) is 0.846. The highest BCUT2D eigenvalue weighted by Gasteiger charge is 2.31.